The average Bonchev–Trinajstić information content (AvgIpc) is 3.64. The number of carbonyl (C=O) groups is 1. The molecule has 3 aromatic heterocycles. The molecule has 1 aliphatic heterocycles. The second-order valence-corrected chi connectivity index (χ2v) is 11.8. The Balaban J connectivity index is 1.34. The monoisotopic (exact) mass is 523 g/mol. The van der Waals surface area contributed by atoms with Gasteiger partial charge in [0.15, 0.2) is 15.8 Å². The molecule has 2 unspecified atom stereocenters. The van der Waals surface area contributed by atoms with E-state index in [1.165, 1.54) is 23.5 Å². The van der Waals surface area contributed by atoms with Crippen LogP contribution in [0.5, 0.6) is 0 Å². The van der Waals surface area contributed by atoms with Crippen LogP contribution < -0.4 is 0 Å². The number of fused-ring (bicyclic) bond motifs is 2. The summed E-state index contributed by atoms with van der Waals surface area (Å²) < 4.78 is 17.7. The maximum absolute atomic E-state index is 14.0. The summed E-state index contributed by atoms with van der Waals surface area (Å²) in [6, 6.07) is 6.59. The molecule has 11 heteroatoms. The van der Waals surface area contributed by atoms with Gasteiger partial charge in [-0.3, -0.25) is 4.79 Å². The molecule has 0 bridgehead atoms. The average molecular weight is 524 g/mol. The van der Waals surface area contributed by atoms with Gasteiger partial charge < -0.3 is 0 Å². The normalized spacial score (nSPS) is 21.9. The van der Waals surface area contributed by atoms with Crippen LogP contribution in [-0.2, 0) is 12.8 Å². The summed E-state index contributed by atoms with van der Waals surface area (Å²) in [5, 5.41) is 16.9. The molecule has 6 rings (SSSR count). The lowest BCUT2D eigenvalue weighted by atomic mass is 9.61. The van der Waals surface area contributed by atoms with Gasteiger partial charge in [-0.2, -0.15) is 15.0 Å². The number of rotatable bonds is 6. The third kappa shape index (κ3) is 4.08. The summed E-state index contributed by atoms with van der Waals surface area (Å²) >= 11 is 2.97. The molecule has 8 nitrogen and oxygen atoms in total. The Morgan fingerprint density at radius 2 is 2.06 bits per heavy atom. The molecule has 186 valence electrons. The number of piperidine rings is 1. The summed E-state index contributed by atoms with van der Waals surface area (Å²) in [6.45, 7) is 5.55. The van der Waals surface area contributed by atoms with Crippen molar-refractivity contribution in [1.29, 1.82) is 0 Å². The second-order valence-electron chi connectivity index (χ2n) is 9.75. The highest BCUT2D eigenvalue weighted by Crippen LogP contribution is 2.49. The van der Waals surface area contributed by atoms with Gasteiger partial charge in [0, 0.05) is 30.4 Å². The number of carbonyl (C=O) groups excluding carboxylic acids is 1. The molecular formula is C25H26FN7OS2. The van der Waals surface area contributed by atoms with Crippen LogP contribution in [0.3, 0.4) is 0 Å². The predicted octanol–water partition coefficient (Wildman–Crippen LogP) is 4.64. The van der Waals surface area contributed by atoms with Crippen molar-refractivity contribution < 1.29 is 9.18 Å². The van der Waals surface area contributed by atoms with E-state index in [-0.39, 0.29) is 23.6 Å². The zero-order valence-electron chi connectivity index (χ0n) is 20.0. The lowest BCUT2D eigenvalue weighted by molar-refractivity contribution is 0.0417. The van der Waals surface area contributed by atoms with E-state index >= 15 is 0 Å². The first-order valence-corrected chi connectivity index (χ1v) is 13.7. The van der Waals surface area contributed by atoms with E-state index in [0.29, 0.717) is 18.0 Å². The summed E-state index contributed by atoms with van der Waals surface area (Å²) in [7, 11) is 0. The first-order valence-electron chi connectivity index (χ1n) is 12.0. The molecule has 2 aliphatic rings. The Morgan fingerprint density at radius 1 is 1.22 bits per heavy atom. The smallest absolute Gasteiger partial charge is 0.199 e. The Hall–Kier alpha value is -2.89. The van der Waals surface area contributed by atoms with Crippen molar-refractivity contribution in [3.63, 3.8) is 0 Å². The van der Waals surface area contributed by atoms with Crippen molar-refractivity contribution in [2.75, 3.05) is 13.1 Å². The Kier molecular flexibility index (Phi) is 6.01. The minimum atomic E-state index is -0.596. The minimum absolute atomic E-state index is 0.110. The Bertz CT molecular complexity index is 1380. The van der Waals surface area contributed by atoms with Crippen LogP contribution in [0, 0.1) is 17.2 Å². The van der Waals surface area contributed by atoms with Crippen molar-refractivity contribution in [3.8, 4) is 5.69 Å². The molecule has 0 radical (unpaired) electrons. The predicted molar refractivity (Wildman–Crippen MR) is 136 cm³/mol. The van der Waals surface area contributed by atoms with Gasteiger partial charge >= 0.3 is 0 Å². The molecule has 1 aromatic carbocycles. The zero-order chi connectivity index (χ0) is 24.9. The van der Waals surface area contributed by atoms with Crippen molar-refractivity contribution in [2.24, 2.45) is 11.3 Å². The number of thiazole rings is 1. The lowest BCUT2D eigenvalue weighted by Crippen LogP contribution is -2.55. The fraction of sp³-hybridized carbons (Fsp3) is 0.400. The molecular weight excluding hydrogens is 497 g/mol. The van der Waals surface area contributed by atoms with Crippen LogP contribution in [0.4, 0.5) is 4.39 Å². The van der Waals surface area contributed by atoms with E-state index in [1.807, 2.05) is 30.1 Å². The fourth-order valence-electron chi connectivity index (χ4n) is 5.40. The fourth-order valence-corrected chi connectivity index (χ4v) is 7.05. The number of benzene rings is 1. The first-order chi connectivity index (χ1) is 17.4. The van der Waals surface area contributed by atoms with Gasteiger partial charge in [-0.1, -0.05) is 0 Å². The number of ketones is 1. The van der Waals surface area contributed by atoms with Crippen LogP contribution in [-0.4, -0.2) is 52.9 Å². The minimum Gasteiger partial charge on any atom is -0.291 e. The van der Waals surface area contributed by atoms with Gasteiger partial charge in [0.2, 0.25) is 0 Å². The largest absolute Gasteiger partial charge is 0.291 e. The number of aromatic nitrogens is 6. The topological polar surface area (TPSA) is 81.7 Å². The van der Waals surface area contributed by atoms with E-state index in [2.05, 4.69) is 24.6 Å². The number of hydrogen-bond donors (Lipinski definition) is 0. The molecule has 2 atom stereocenters. The number of nitrogens with zero attached hydrogens (tertiary/aromatic N) is 7. The van der Waals surface area contributed by atoms with E-state index in [0.717, 1.165) is 41.4 Å². The molecule has 0 saturated carbocycles. The van der Waals surface area contributed by atoms with E-state index in [4.69, 9.17) is 0 Å². The summed E-state index contributed by atoms with van der Waals surface area (Å²) in [5.74, 6) is -0.00885. The van der Waals surface area contributed by atoms with Gasteiger partial charge in [-0.05, 0) is 80.8 Å². The maximum atomic E-state index is 14.0. The van der Waals surface area contributed by atoms with Crippen molar-refractivity contribution in [2.45, 2.75) is 44.2 Å². The molecule has 0 N–H and O–H groups in total. The van der Waals surface area contributed by atoms with Gasteiger partial charge in [0.25, 0.3) is 0 Å². The number of halogens is 1. The Labute approximate surface area is 216 Å². The molecule has 0 amide bonds. The quantitative estimate of drug-likeness (QED) is 0.269. The van der Waals surface area contributed by atoms with Gasteiger partial charge in [0.1, 0.15) is 5.82 Å². The Morgan fingerprint density at radius 3 is 2.78 bits per heavy atom. The van der Waals surface area contributed by atoms with Crippen LogP contribution >= 0.6 is 23.3 Å². The second kappa shape index (κ2) is 9.20. The van der Waals surface area contributed by atoms with E-state index in [1.54, 1.807) is 41.3 Å². The maximum Gasteiger partial charge on any atom is 0.199 e. The molecule has 36 heavy (non-hydrogen) atoms. The van der Waals surface area contributed by atoms with E-state index < -0.39 is 5.41 Å². The summed E-state index contributed by atoms with van der Waals surface area (Å²) in [5.41, 5.74) is 2.41. The molecule has 4 aromatic rings. The molecule has 1 aliphatic carbocycles. The van der Waals surface area contributed by atoms with Crippen molar-refractivity contribution >= 4 is 29.1 Å². The van der Waals surface area contributed by atoms with Crippen LogP contribution in [0.25, 0.3) is 5.69 Å². The number of hydrogen-bond acceptors (Lipinski definition) is 8. The van der Waals surface area contributed by atoms with E-state index in [9.17, 15) is 9.18 Å². The summed E-state index contributed by atoms with van der Waals surface area (Å²) in [6.07, 6.45) is 7.57. The van der Waals surface area contributed by atoms with Gasteiger partial charge in [0.05, 0.1) is 29.5 Å². The highest BCUT2D eigenvalue weighted by Gasteiger charge is 2.53. The molecule has 4 heterocycles. The third-order valence-electron chi connectivity index (χ3n) is 7.19. The van der Waals surface area contributed by atoms with Gasteiger partial charge in [-0.25, -0.2) is 18.4 Å². The standard InChI is InChI=1S/C25H26FN7OS2/c1-16(2)33-29-14-22(30-33)36-31-9-7-18-11-21-17(13-28-32(21)20-5-3-19(26)4-6-20)12-25(18,15-31)23(34)24-27-8-10-35-24/h3-6,8,10,13-14,16,18H,7,9,11-12,15H2,1-2H3. The lowest BCUT2D eigenvalue weighted by Gasteiger charge is -2.48. The van der Waals surface area contributed by atoms with Crippen LogP contribution in [0.1, 0.15) is 47.4 Å². The molecule has 0 spiro atoms. The third-order valence-corrected chi connectivity index (χ3v) is 8.91. The SMILES string of the molecule is CC(C)n1ncc(SN2CCC3Cc4c(cnn4-c4ccc(F)cc4)CC3(C(=O)c3nccs3)C2)n1. The highest BCUT2D eigenvalue weighted by molar-refractivity contribution is 7.97. The van der Waals surface area contributed by atoms with Crippen molar-refractivity contribution in [3.05, 3.63) is 70.3 Å². The van der Waals surface area contributed by atoms with Crippen LogP contribution in [0.15, 0.2) is 53.3 Å². The molecule has 1 fully saturated rings. The zero-order valence-corrected chi connectivity index (χ0v) is 21.7. The van der Waals surface area contributed by atoms with Crippen LogP contribution in [0.2, 0.25) is 0 Å². The van der Waals surface area contributed by atoms with Crippen molar-refractivity contribution in [1.82, 2.24) is 34.1 Å². The number of Topliss-reactive ketones (excluding diaryl/α,β-unsaturated/α-hetero) is 1. The molecule has 1 saturated heterocycles. The highest BCUT2D eigenvalue weighted by atomic mass is 32.2. The van der Waals surface area contributed by atoms with Gasteiger partial charge in [-0.15, -0.1) is 16.4 Å². The summed E-state index contributed by atoms with van der Waals surface area (Å²) in [4.78, 5) is 20.1. The first kappa shape index (κ1) is 23.5.